The number of unbranched alkanes of at least 4 members (excludes halogenated alkanes) is 3. The van der Waals surface area contributed by atoms with E-state index < -0.39 is 0 Å². The van der Waals surface area contributed by atoms with Gasteiger partial charge in [-0.3, -0.25) is 4.57 Å². The van der Waals surface area contributed by atoms with Crippen LogP contribution in [0.5, 0.6) is 0 Å². The number of rotatable bonds is 9. The number of anilines is 2. The van der Waals surface area contributed by atoms with Gasteiger partial charge in [-0.2, -0.15) is 0 Å². The monoisotopic (exact) mass is 485 g/mol. The molecule has 36 heavy (non-hydrogen) atoms. The summed E-state index contributed by atoms with van der Waals surface area (Å²) in [5, 5.41) is 2.91. The Bertz CT molecular complexity index is 1310. The van der Waals surface area contributed by atoms with E-state index in [0.717, 1.165) is 47.6 Å². The van der Waals surface area contributed by atoms with Crippen molar-refractivity contribution in [2.24, 2.45) is 0 Å². The second-order valence-corrected chi connectivity index (χ2v) is 9.74. The minimum atomic E-state index is -0.291. The summed E-state index contributed by atoms with van der Waals surface area (Å²) in [6.07, 6.45) is 11.6. The van der Waals surface area contributed by atoms with Crippen LogP contribution < -0.4 is 10.2 Å². The summed E-state index contributed by atoms with van der Waals surface area (Å²) in [4.78, 5) is 12.3. The van der Waals surface area contributed by atoms with Gasteiger partial charge < -0.3 is 10.2 Å². The average molecular weight is 486 g/mol. The third-order valence-electron chi connectivity index (χ3n) is 7.23. The number of fused-ring (bicyclic) bond motifs is 1. The summed E-state index contributed by atoms with van der Waals surface area (Å²) < 4.78 is 16.9. The quantitative estimate of drug-likeness (QED) is 0.251. The molecule has 2 aromatic heterocycles. The molecule has 1 saturated heterocycles. The lowest BCUT2D eigenvalue weighted by Gasteiger charge is -2.28. The normalized spacial score (nSPS) is 13.9. The second kappa shape index (κ2) is 11.1. The molecule has 0 atom stereocenters. The van der Waals surface area contributed by atoms with Crippen molar-refractivity contribution >= 4 is 22.5 Å². The predicted octanol–water partition coefficient (Wildman–Crippen LogP) is 7.38. The van der Waals surface area contributed by atoms with Gasteiger partial charge in [-0.25, -0.2) is 14.4 Å². The highest BCUT2D eigenvalue weighted by molar-refractivity contribution is 5.90. The van der Waals surface area contributed by atoms with Crippen molar-refractivity contribution in [2.75, 3.05) is 30.4 Å². The summed E-state index contributed by atoms with van der Waals surface area (Å²) in [6.45, 7) is 4.30. The maximum Gasteiger partial charge on any atom is 0.167 e. The fourth-order valence-electron chi connectivity index (χ4n) is 5.21. The number of pyridine rings is 1. The van der Waals surface area contributed by atoms with Crippen molar-refractivity contribution in [2.45, 2.75) is 58.3 Å². The van der Waals surface area contributed by atoms with Crippen LogP contribution in [0, 0.1) is 5.82 Å². The first-order chi connectivity index (χ1) is 17.7. The van der Waals surface area contributed by atoms with Crippen LogP contribution in [0.3, 0.4) is 0 Å². The Morgan fingerprint density at radius 3 is 2.47 bits per heavy atom. The van der Waals surface area contributed by atoms with E-state index >= 15 is 0 Å². The number of halogens is 1. The summed E-state index contributed by atoms with van der Waals surface area (Å²) in [6, 6.07) is 16.0. The van der Waals surface area contributed by atoms with Gasteiger partial charge >= 0.3 is 0 Å². The first-order valence-corrected chi connectivity index (χ1v) is 13.4. The molecular formula is C30H36FN5. The molecule has 0 amide bonds. The van der Waals surface area contributed by atoms with Crippen molar-refractivity contribution in [3.05, 3.63) is 66.1 Å². The molecular weight excluding hydrogens is 449 g/mol. The van der Waals surface area contributed by atoms with Gasteiger partial charge in [-0.1, -0.05) is 38.3 Å². The zero-order valence-electron chi connectivity index (χ0n) is 21.4. The van der Waals surface area contributed by atoms with Gasteiger partial charge in [0, 0.05) is 37.6 Å². The van der Waals surface area contributed by atoms with E-state index in [1.54, 1.807) is 19.2 Å². The van der Waals surface area contributed by atoms with E-state index in [-0.39, 0.29) is 5.82 Å². The van der Waals surface area contributed by atoms with Gasteiger partial charge in [0.1, 0.15) is 17.2 Å². The van der Waals surface area contributed by atoms with Gasteiger partial charge in [0.25, 0.3) is 0 Å². The van der Waals surface area contributed by atoms with E-state index in [0.29, 0.717) is 11.5 Å². The Labute approximate surface area is 213 Å². The van der Waals surface area contributed by atoms with Crippen LogP contribution in [-0.4, -0.2) is 34.7 Å². The van der Waals surface area contributed by atoms with E-state index in [9.17, 15) is 4.39 Å². The van der Waals surface area contributed by atoms with E-state index in [1.807, 2.05) is 12.3 Å². The molecule has 1 aliphatic heterocycles. The minimum absolute atomic E-state index is 0.291. The van der Waals surface area contributed by atoms with Crippen LogP contribution in [0.2, 0.25) is 0 Å². The van der Waals surface area contributed by atoms with E-state index in [2.05, 4.69) is 52.0 Å². The van der Waals surface area contributed by atoms with Crippen molar-refractivity contribution in [3.63, 3.8) is 0 Å². The lowest BCUT2D eigenvalue weighted by Crippen LogP contribution is -2.29. The molecule has 6 heteroatoms. The summed E-state index contributed by atoms with van der Waals surface area (Å²) >= 11 is 0. The van der Waals surface area contributed by atoms with Gasteiger partial charge in [0.15, 0.2) is 5.65 Å². The molecule has 1 fully saturated rings. The maximum absolute atomic E-state index is 14.8. The number of benzene rings is 2. The number of imidazole rings is 1. The predicted molar refractivity (Wildman–Crippen MR) is 148 cm³/mol. The summed E-state index contributed by atoms with van der Waals surface area (Å²) in [5.41, 5.74) is 6.33. The van der Waals surface area contributed by atoms with Gasteiger partial charge in [0.2, 0.25) is 0 Å². The molecule has 3 heterocycles. The number of nitrogens with zero attached hydrogens (tertiary/aromatic N) is 4. The van der Waals surface area contributed by atoms with Crippen molar-refractivity contribution in [3.8, 4) is 17.1 Å². The highest BCUT2D eigenvalue weighted by atomic mass is 19.1. The molecule has 0 radical (unpaired) electrons. The lowest BCUT2D eigenvalue weighted by atomic mass is 10.1. The first kappa shape index (κ1) is 24.3. The van der Waals surface area contributed by atoms with Crippen LogP contribution >= 0.6 is 0 Å². The van der Waals surface area contributed by atoms with Crippen LogP contribution in [0.25, 0.3) is 28.2 Å². The Kier molecular flexibility index (Phi) is 7.49. The van der Waals surface area contributed by atoms with Gasteiger partial charge in [-0.05, 0) is 74.1 Å². The molecule has 0 bridgehead atoms. The SMILES string of the molecule is CCCCCCc1ccc(-n2c(-c3ccc(NC)c(F)c3)nc3c(N4CCCCC4)ccnc32)cc1. The molecule has 1 N–H and O–H groups in total. The van der Waals surface area contributed by atoms with Crippen molar-refractivity contribution < 1.29 is 4.39 Å². The zero-order valence-corrected chi connectivity index (χ0v) is 21.4. The van der Waals surface area contributed by atoms with Crippen LogP contribution in [0.4, 0.5) is 15.8 Å². The van der Waals surface area contributed by atoms with Gasteiger partial charge in [-0.15, -0.1) is 0 Å². The number of hydrogen-bond acceptors (Lipinski definition) is 4. The number of aromatic nitrogens is 3. The minimum Gasteiger partial charge on any atom is -0.386 e. The number of nitrogens with one attached hydrogen (secondary N) is 1. The number of hydrogen-bond donors (Lipinski definition) is 1. The third-order valence-corrected chi connectivity index (χ3v) is 7.23. The highest BCUT2D eigenvalue weighted by Crippen LogP contribution is 2.34. The van der Waals surface area contributed by atoms with Crippen LogP contribution in [0.15, 0.2) is 54.7 Å². The standard InChI is InChI=1S/C30H36FN5/c1-3-4-5-7-10-22-11-14-24(15-12-22)36-29(23-13-16-26(32-2)25(31)21-23)34-28-27(17-18-33-30(28)36)35-19-8-6-9-20-35/h11-18,21,32H,3-10,19-20H2,1-2H3. The fourth-order valence-corrected chi connectivity index (χ4v) is 5.21. The molecule has 0 spiro atoms. The summed E-state index contributed by atoms with van der Waals surface area (Å²) in [5.74, 6) is 0.416. The Morgan fingerprint density at radius 1 is 0.944 bits per heavy atom. The summed E-state index contributed by atoms with van der Waals surface area (Å²) in [7, 11) is 1.73. The fraction of sp³-hybridized carbons (Fsp3) is 0.400. The van der Waals surface area contributed by atoms with Crippen molar-refractivity contribution in [1.29, 1.82) is 0 Å². The second-order valence-electron chi connectivity index (χ2n) is 9.74. The van der Waals surface area contributed by atoms with Crippen molar-refractivity contribution in [1.82, 2.24) is 14.5 Å². The van der Waals surface area contributed by atoms with Crippen LogP contribution in [-0.2, 0) is 6.42 Å². The van der Waals surface area contributed by atoms with Gasteiger partial charge in [0.05, 0.1) is 11.4 Å². The average Bonchev–Trinajstić information content (AvgIpc) is 3.32. The van der Waals surface area contributed by atoms with E-state index in [4.69, 9.17) is 9.97 Å². The maximum atomic E-state index is 14.8. The molecule has 4 aromatic rings. The molecule has 2 aromatic carbocycles. The Morgan fingerprint density at radius 2 is 1.75 bits per heavy atom. The molecule has 0 unspecified atom stereocenters. The molecule has 0 saturated carbocycles. The smallest absolute Gasteiger partial charge is 0.167 e. The molecule has 5 nitrogen and oxygen atoms in total. The first-order valence-electron chi connectivity index (χ1n) is 13.4. The zero-order chi connectivity index (χ0) is 24.9. The third kappa shape index (κ3) is 4.95. The lowest BCUT2D eigenvalue weighted by molar-refractivity contribution is 0.578. The topological polar surface area (TPSA) is 46.0 Å². The van der Waals surface area contributed by atoms with Crippen LogP contribution in [0.1, 0.15) is 57.4 Å². The highest BCUT2D eigenvalue weighted by Gasteiger charge is 2.22. The Hall–Kier alpha value is -3.41. The molecule has 1 aliphatic rings. The molecule has 188 valence electrons. The Balaban J connectivity index is 1.60. The molecule has 0 aliphatic carbocycles. The number of aryl methyl sites for hydroxylation is 1. The largest absolute Gasteiger partial charge is 0.386 e. The molecule has 5 rings (SSSR count). The van der Waals surface area contributed by atoms with E-state index in [1.165, 1.54) is 50.5 Å². The number of piperidine rings is 1.